The molecule has 0 radical (unpaired) electrons. The second-order valence-corrected chi connectivity index (χ2v) is 24.8. The van der Waals surface area contributed by atoms with Gasteiger partial charge < -0.3 is 19.4 Å². The van der Waals surface area contributed by atoms with E-state index in [4.69, 9.17) is 13.8 Å². The lowest BCUT2D eigenvalue weighted by atomic mass is 10.0. The first kappa shape index (κ1) is 71.8. The number of nitrogens with one attached hydrogen (secondary N) is 1. The number of hydrogen-bond acceptors (Lipinski definition) is 6. The van der Waals surface area contributed by atoms with Crippen LogP contribution in [0.2, 0.25) is 0 Å². The number of carbonyl (C=O) groups is 2. The van der Waals surface area contributed by atoms with Crippen LogP contribution >= 0.6 is 7.82 Å². The van der Waals surface area contributed by atoms with Gasteiger partial charge in [-0.15, -0.1) is 0 Å². The Balaban J connectivity index is 5.14. The Kier molecular flexibility index (Phi) is 53.2. The summed E-state index contributed by atoms with van der Waals surface area (Å²) in [5.74, 6) is -0.483. The van der Waals surface area contributed by atoms with Crippen LogP contribution in [0, 0.1) is 0 Å². The molecule has 0 spiro atoms. The van der Waals surface area contributed by atoms with Crippen molar-refractivity contribution in [1.29, 1.82) is 0 Å². The summed E-state index contributed by atoms with van der Waals surface area (Å²) in [6.45, 7) is 7.07. The first-order chi connectivity index (χ1) is 35.4. The molecule has 0 saturated heterocycles. The molecule has 0 rings (SSSR count). The van der Waals surface area contributed by atoms with Gasteiger partial charge in [0.1, 0.15) is 19.3 Å². The summed E-state index contributed by atoms with van der Waals surface area (Å²) in [5.41, 5.74) is 0. The van der Waals surface area contributed by atoms with Gasteiger partial charge in [0.2, 0.25) is 5.91 Å². The third-order valence-electron chi connectivity index (χ3n) is 14.7. The number of quaternary nitrogens is 1. The summed E-state index contributed by atoms with van der Waals surface area (Å²) in [4.78, 5) is 37.7. The van der Waals surface area contributed by atoms with Gasteiger partial charge in [-0.1, -0.05) is 297 Å². The van der Waals surface area contributed by atoms with E-state index in [-0.39, 0.29) is 25.1 Å². The lowest BCUT2D eigenvalue weighted by Crippen LogP contribution is -2.47. The van der Waals surface area contributed by atoms with Crippen molar-refractivity contribution in [3.05, 3.63) is 12.2 Å². The minimum Gasteiger partial charge on any atom is -0.456 e. The van der Waals surface area contributed by atoms with Crippen molar-refractivity contribution in [2.45, 2.75) is 341 Å². The minimum absolute atomic E-state index is 0.0457. The van der Waals surface area contributed by atoms with Gasteiger partial charge in [0.15, 0.2) is 0 Å². The van der Waals surface area contributed by atoms with Crippen molar-refractivity contribution >= 4 is 19.7 Å². The molecule has 0 aromatic rings. The van der Waals surface area contributed by atoms with Crippen molar-refractivity contribution < 1.29 is 37.3 Å². The first-order valence-electron chi connectivity index (χ1n) is 32.0. The van der Waals surface area contributed by atoms with E-state index >= 15 is 0 Å². The Morgan fingerprint density at radius 3 is 1.12 bits per heavy atom. The fraction of sp³-hybridized carbons (Fsp3) is 0.937. The molecule has 10 heteroatoms. The van der Waals surface area contributed by atoms with Crippen LogP contribution < -0.4 is 5.32 Å². The molecule has 0 aliphatic rings. The molecule has 0 aliphatic carbocycles. The molecule has 0 aromatic heterocycles. The van der Waals surface area contributed by atoms with Gasteiger partial charge in [0, 0.05) is 12.8 Å². The number of allylic oxidation sites excluding steroid dienone is 1. The number of nitrogens with zero attached hydrogens (tertiary/aromatic N) is 1. The zero-order chi connectivity index (χ0) is 53.6. The second kappa shape index (κ2) is 54.1. The summed E-state index contributed by atoms with van der Waals surface area (Å²) in [6, 6.07) is -0.839. The van der Waals surface area contributed by atoms with E-state index in [0.29, 0.717) is 23.9 Å². The second-order valence-electron chi connectivity index (χ2n) is 23.3. The molecular formula is C63H126N2O7P+. The number of carbonyl (C=O) groups excluding carboxylic acids is 2. The lowest BCUT2D eigenvalue weighted by Gasteiger charge is -2.27. The van der Waals surface area contributed by atoms with E-state index < -0.39 is 20.0 Å². The van der Waals surface area contributed by atoms with Gasteiger partial charge in [0.05, 0.1) is 33.8 Å². The average Bonchev–Trinajstić information content (AvgIpc) is 3.35. The predicted molar refractivity (Wildman–Crippen MR) is 314 cm³/mol. The maximum absolute atomic E-state index is 13.5. The van der Waals surface area contributed by atoms with Crippen LogP contribution in [0.4, 0.5) is 0 Å². The Labute approximate surface area is 454 Å². The number of phosphoric ester groups is 1. The fourth-order valence-corrected chi connectivity index (χ4v) is 10.5. The molecule has 0 saturated carbocycles. The van der Waals surface area contributed by atoms with Crippen LogP contribution in [-0.4, -0.2) is 74.3 Å². The molecule has 1 amide bonds. The average molecular weight is 1050 g/mol. The third-order valence-corrected chi connectivity index (χ3v) is 15.7. The van der Waals surface area contributed by atoms with Crippen LogP contribution in [0.5, 0.6) is 0 Å². The van der Waals surface area contributed by atoms with Crippen molar-refractivity contribution in [3.8, 4) is 0 Å². The van der Waals surface area contributed by atoms with E-state index in [1.165, 1.54) is 238 Å². The van der Waals surface area contributed by atoms with Crippen LogP contribution in [-0.2, 0) is 27.9 Å². The minimum atomic E-state index is -4.44. The largest absolute Gasteiger partial charge is 0.472 e. The highest BCUT2D eigenvalue weighted by Gasteiger charge is 2.30. The van der Waals surface area contributed by atoms with E-state index in [1.54, 1.807) is 0 Å². The summed E-state index contributed by atoms with van der Waals surface area (Å²) in [6.07, 6.45) is 62.1. The molecule has 0 fully saturated rings. The van der Waals surface area contributed by atoms with Gasteiger partial charge in [-0.2, -0.15) is 0 Å². The van der Waals surface area contributed by atoms with Crippen LogP contribution in [0.1, 0.15) is 329 Å². The molecule has 3 unspecified atom stereocenters. The van der Waals surface area contributed by atoms with Crippen LogP contribution in [0.25, 0.3) is 0 Å². The molecule has 3 atom stereocenters. The number of hydrogen-bond donors (Lipinski definition) is 2. The Hall–Kier alpha value is -1.25. The van der Waals surface area contributed by atoms with Gasteiger partial charge in [0.25, 0.3) is 0 Å². The Bertz CT molecular complexity index is 1260. The smallest absolute Gasteiger partial charge is 0.456 e. The molecule has 73 heavy (non-hydrogen) atoms. The van der Waals surface area contributed by atoms with Gasteiger partial charge in [-0.05, 0) is 31.8 Å². The summed E-state index contributed by atoms with van der Waals surface area (Å²) in [5, 5.41) is 3.06. The normalized spacial score (nSPS) is 13.7. The lowest BCUT2D eigenvalue weighted by molar-refractivity contribution is -0.870. The number of phosphoric acid groups is 1. The van der Waals surface area contributed by atoms with Crippen molar-refractivity contribution in [2.24, 2.45) is 0 Å². The number of esters is 1. The molecule has 0 aromatic carbocycles. The van der Waals surface area contributed by atoms with E-state index in [1.807, 2.05) is 33.3 Å². The standard InChI is InChI=1S/C63H125N2O7P/c1-7-10-13-16-19-22-25-28-30-31-32-33-34-35-36-38-41-44-47-50-53-56-63(67)72-61(54-51-48-45-42-39-27-24-21-18-15-12-9-3)60(59-71-73(68,69)70-58-57-65(4,5)6)64-62(66)55-52-49-46-43-40-37-29-26-23-20-17-14-11-8-2/h51,54,60-61H,7-50,52-53,55-59H2,1-6H3,(H-,64,66,68,69)/p+1/b54-51-. The zero-order valence-corrected chi connectivity index (χ0v) is 50.6. The maximum Gasteiger partial charge on any atom is 0.472 e. The van der Waals surface area contributed by atoms with E-state index in [2.05, 4.69) is 26.1 Å². The fourth-order valence-electron chi connectivity index (χ4n) is 9.77. The van der Waals surface area contributed by atoms with Crippen molar-refractivity contribution in [3.63, 3.8) is 0 Å². The first-order valence-corrected chi connectivity index (χ1v) is 33.5. The number of amides is 1. The topological polar surface area (TPSA) is 111 Å². The monoisotopic (exact) mass is 1050 g/mol. The molecule has 0 heterocycles. The third kappa shape index (κ3) is 55.3. The highest BCUT2D eigenvalue weighted by molar-refractivity contribution is 7.47. The SMILES string of the molecule is CCCCCCCCCCCC/C=C\C(OC(=O)CCCCCCCCCCCCCCCCCCCCCCC)C(COP(=O)(O)OCC[N+](C)(C)C)NC(=O)CCCCCCCCCCCCCCCC. The summed E-state index contributed by atoms with van der Waals surface area (Å²) >= 11 is 0. The van der Waals surface area contributed by atoms with Crippen molar-refractivity contribution in [2.75, 3.05) is 40.9 Å². The maximum atomic E-state index is 13.5. The highest BCUT2D eigenvalue weighted by Crippen LogP contribution is 2.43. The number of likely N-dealkylation sites (N-methyl/N-ethyl adjacent to an activating group) is 1. The van der Waals surface area contributed by atoms with Gasteiger partial charge in [-0.3, -0.25) is 18.6 Å². The number of ether oxygens (including phenoxy) is 1. The Morgan fingerprint density at radius 2 is 0.781 bits per heavy atom. The van der Waals surface area contributed by atoms with Crippen LogP contribution in [0.15, 0.2) is 12.2 Å². The van der Waals surface area contributed by atoms with Gasteiger partial charge in [-0.25, -0.2) is 4.57 Å². The molecular weight excluding hydrogens is 928 g/mol. The van der Waals surface area contributed by atoms with Crippen LogP contribution in [0.3, 0.4) is 0 Å². The zero-order valence-electron chi connectivity index (χ0n) is 49.7. The molecule has 2 N–H and O–H groups in total. The Morgan fingerprint density at radius 1 is 0.466 bits per heavy atom. The number of rotatable bonds is 59. The summed E-state index contributed by atoms with van der Waals surface area (Å²) < 4.78 is 30.7. The number of unbranched alkanes of at least 4 members (excludes halogenated alkanes) is 43. The molecule has 9 nitrogen and oxygen atoms in total. The highest BCUT2D eigenvalue weighted by atomic mass is 31.2. The molecule has 0 bridgehead atoms. The predicted octanol–water partition coefficient (Wildman–Crippen LogP) is 19.6. The summed E-state index contributed by atoms with van der Waals surface area (Å²) in [7, 11) is 1.52. The van der Waals surface area contributed by atoms with E-state index in [0.717, 1.165) is 57.8 Å². The molecule has 434 valence electrons. The van der Waals surface area contributed by atoms with E-state index in [9.17, 15) is 19.0 Å². The molecule has 0 aliphatic heterocycles. The van der Waals surface area contributed by atoms with Gasteiger partial charge >= 0.3 is 13.8 Å². The van der Waals surface area contributed by atoms with Crippen molar-refractivity contribution in [1.82, 2.24) is 5.32 Å². The quantitative estimate of drug-likeness (QED) is 0.0205.